The average molecular weight is 332 g/mol. The molecule has 25 heavy (non-hydrogen) atoms. The minimum Gasteiger partial charge on any atom is -0.508 e. The lowest BCUT2D eigenvalue weighted by Crippen LogP contribution is -2.01. The SMILES string of the molecule is O=C(c1ccc(O)cc1)c1c[nH]c2nncc(-c3ncccc3O)c12. The summed E-state index contributed by atoms with van der Waals surface area (Å²) in [5, 5.41) is 27.9. The van der Waals surface area contributed by atoms with Crippen LogP contribution in [-0.4, -0.2) is 36.2 Å². The van der Waals surface area contributed by atoms with E-state index < -0.39 is 0 Å². The van der Waals surface area contributed by atoms with E-state index in [1.165, 1.54) is 24.4 Å². The number of aromatic amines is 1. The molecule has 0 fully saturated rings. The number of aromatic nitrogens is 4. The first-order valence-electron chi connectivity index (χ1n) is 7.46. The first kappa shape index (κ1) is 14.8. The van der Waals surface area contributed by atoms with Crippen LogP contribution in [-0.2, 0) is 0 Å². The number of nitrogens with zero attached hydrogens (tertiary/aromatic N) is 3. The number of nitrogens with one attached hydrogen (secondary N) is 1. The quantitative estimate of drug-likeness (QED) is 0.497. The molecule has 3 N–H and O–H groups in total. The number of phenols is 1. The highest BCUT2D eigenvalue weighted by molar-refractivity contribution is 6.18. The highest BCUT2D eigenvalue weighted by atomic mass is 16.3. The van der Waals surface area contributed by atoms with Gasteiger partial charge in [0.1, 0.15) is 17.2 Å². The van der Waals surface area contributed by atoms with Crippen LogP contribution in [0.25, 0.3) is 22.3 Å². The van der Waals surface area contributed by atoms with Crippen molar-refractivity contribution in [3.8, 4) is 22.8 Å². The van der Waals surface area contributed by atoms with E-state index in [4.69, 9.17) is 0 Å². The van der Waals surface area contributed by atoms with E-state index in [1.807, 2.05) is 0 Å². The third-order valence-electron chi connectivity index (χ3n) is 3.89. The summed E-state index contributed by atoms with van der Waals surface area (Å²) in [4.78, 5) is 20.0. The summed E-state index contributed by atoms with van der Waals surface area (Å²) in [5.74, 6) is -0.169. The monoisotopic (exact) mass is 332 g/mol. The molecule has 1 aromatic carbocycles. The highest BCUT2D eigenvalue weighted by Crippen LogP contribution is 2.33. The second-order valence-electron chi connectivity index (χ2n) is 5.43. The van der Waals surface area contributed by atoms with Crippen molar-refractivity contribution in [1.29, 1.82) is 0 Å². The van der Waals surface area contributed by atoms with E-state index in [-0.39, 0.29) is 17.3 Å². The fourth-order valence-corrected chi connectivity index (χ4v) is 2.70. The molecule has 0 unspecified atom stereocenters. The van der Waals surface area contributed by atoms with E-state index in [2.05, 4.69) is 20.2 Å². The Bertz CT molecular complexity index is 1090. The van der Waals surface area contributed by atoms with E-state index in [0.717, 1.165) is 0 Å². The Balaban J connectivity index is 1.93. The molecule has 122 valence electrons. The number of pyridine rings is 1. The first-order chi connectivity index (χ1) is 12.1. The Kier molecular flexibility index (Phi) is 3.39. The third kappa shape index (κ3) is 2.47. The van der Waals surface area contributed by atoms with Crippen molar-refractivity contribution in [2.45, 2.75) is 0 Å². The van der Waals surface area contributed by atoms with E-state index in [0.29, 0.717) is 33.4 Å². The van der Waals surface area contributed by atoms with Gasteiger partial charge < -0.3 is 15.2 Å². The predicted molar refractivity (Wildman–Crippen MR) is 90.3 cm³/mol. The zero-order valence-electron chi connectivity index (χ0n) is 12.8. The Morgan fingerprint density at radius 2 is 1.88 bits per heavy atom. The Morgan fingerprint density at radius 1 is 1.08 bits per heavy atom. The molecule has 4 aromatic rings. The van der Waals surface area contributed by atoms with Gasteiger partial charge in [-0.15, -0.1) is 5.10 Å². The Hall–Kier alpha value is -3.74. The van der Waals surface area contributed by atoms with Gasteiger partial charge in [0.2, 0.25) is 0 Å². The van der Waals surface area contributed by atoms with Gasteiger partial charge >= 0.3 is 0 Å². The summed E-state index contributed by atoms with van der Waals surface area (Å²) < 4.78 is 0. The van der Waals surface area contributed by atoms with Gasteiger partial charge in [0.25, 0.3) is 0 Å². The van der Waals surface area contributed by atoms with Gasteiger partial charge in [0.05, 0.1) is 11.8 Å². The number of hydrogen-bond donors (Lipinski definition) is 3. The largest absolute Gasteiger partial charge is 0.508 e. The molecule has 4 rings (SSSR count). The standard InChI is InChI=1S/C18H12N4O3/c23-11-5-3-10(4-6-11)17(25)13-8-20-18-15(13)12(9-21-22-18)16-14(24)2-1-7-19-16/h1-9,23-24H,(H,20,22). The Labute approximate surface area is 141 Å². The molecule has 0 aliphatic rings. The molecule has 0 amide bonds. The van der Waals surface area contributed by atoms with Crippen molar-refractivity contribution < 1.29 is 15.0 Å². The van der Waals surface area contributed by atoms with Crippen molar-refractivity contribution in [1.82, 2.24) is 20.2 Å². The van der Waals surface area contributed by atoms with Gasteiger partial charge in [-0.25, -0.2) is 0 Å². The summed E-state index contributed by atoms with van der Waals surface area (Å²) in [5.41, 5.74) is 2.06. The molecule has 7 nitrogen and oxygen atoms in total. The number of H-pyrrole nitrogens is 1. The second-order valence-corrected chi connectivity index (χ2v) is 5.43. The second kappa shape index (κ2) is 5.72. The summed E-state index contributed by atoms with van der Waals surface area (Å²) >= 11 is 0. The van der Waals surface area contributed by atoms with Crippen molar-refractivity contribution >= 4 is 16.8 Å². The van der Waals surface area contributed by atoms with Gasteiger partial charge in [-0.2, -0.15) is 5.10 Å². The minimum absolute atomic E-state index is 0.0129. The molecule has 0 saturated carbocycles. The van der Waals surface area contributed by atoms with E-state index in [1.54, 1.807) is 30.6 Å². The molecule has 0 aliphatic carbocycles. The number of fused-ring (bicyclic) bond motifs is 1. The predicted octanol–water partition coefficient (Wildman–Crippen LogP) is 2.66. The highest BCUT2D eigenvalue weighted by Gasteiger charge is 2.20. The molecule has 7 heteroatoms. The number of hydrogen-bond acceptors (Lipinski definition) is 6. The lowest BCUT2D eigenvalue weighted by atomic mass is 10.00. The molecule has 0 spiro atoms. The molecule has 0 atom stereocenters. The van der Waals surface area contributed by atoms with Gasteiger partial charge in [-0.1, -0.05) is 0 Å². The maximum absolute atomic E-state index is 12.9. The van der Waals surface area contributed by atoms with Crippen LogP contribution in [0.1, 0.15) is 15.9 Å². The molecule has 0 saturated heterocycles. The zero-order valence-corrected chi connectivity index (χ0v) is 12.8. The number of aromatic hydroxyl groups is 2. The summed E-state index contributed by atoms with van der Waals surface area (Å²) in [7, 11) is 0. The van der Waals surface area contributed by atoms with E-state index in [9.17, 15) is 15.0 Å². The fraction of sp³-hybridized carbons (Fsp3) is 0. The van der Waals surface area contributed by atoms with Crippen LogP contribution in [0.2, 0.25) is 0 Å². The number of carbonyl (C=O) groups is 1. The van der Waals surface area contributed by atoms with Gasteiger partial charge in [0.15, 0.2) is 11.4 Å². The summed E-state index contributed by atoms with van der Waals surface area (Å²) in [6, 6.07) is 9.12. The van der Waals surface area contributed by atoms with E-state index >= 15 is 0 Å². The number of carbonyl (C=O) groups excluding carboxylic acids is 1. The molecule has 0 aliphatic heterocycles. The van der Waals surface area contributed by atoms with Crippen LogP contribution in [0.5, 0.6) is 11.5 Å². The summed E-state index contributed by atoms with van der Waals surface area (Å²) in [6.07, 6.45) is 4.57. The van der Waals surface area contributed by atoms with Gasteiger partial charge in [-0.05, 0) is 36.4 Å². The molecular formula is C18H12N4O3. The van der Waals surface area contributed by atoms with Crippen LogP contribution in [0, 0.1) is 0 Å². The number of benzene rings is 1. The number of rotatable bonds is 3. The van der Waals surface area contributed by atoms with Gasteiger partial charge in [0, 0.05) is 28.9 Å². The van der Waals surface area contributed by atoms with Crippen molar-refractivity contribution in [3.05, 3.63) is 66.1 Å². The molecule has 0 radical (unpaired) electrons. The smallest absolute Gasteiger partial charge is 0.195 e. The topological polar surface area (TPSA) is 112 Å². The van der Waals surface area contributed by atoms with Crippen LogP contribution < -0.4 is 0 Å². The molecule has 3 aromatic heterocycles. The van der Waals surface area contributed by atoms with Crippen LogP contribution >= 0.6 is 0 Å². The number of phenolic OH excluding ortho intramolecular Hbond substituents is 1. The Morgan fingerprint density at radius 3 is 2.64 bits per heavy atom. The normalized spacial score (nSPS) is 10.9. The van der Waals surface area contributed by atoms with Crippen molar-refractivity contribution in [3.63, 3.8) is 0 Å². The lowest BCUT2D eigenvalue weighted by Gasteiger charge is -2.06. The molecule has 3 heterocycles. The lowest BCUT2D eigenvalue weighted by molar-refractivity contribution is 0.104. The minimum atomic E-state index is -0.240. The van der Waals surface area contributed by atoms with Gasteiger partial charge in [-0.3, -0.25) is 9.78 Å². The van der Waals surface area contributed by atoms with Crippen molar-refractivity contribution in [2.24, 2.45) is 0 Å². The maximum Gasteiger partial charge on any atom is 0.195 e. The first-order valence-corrected chi connectivity index (χ1v) is 7.46. The molecular weight excluding hydrogens is 320 g/mol. The van der Waals surface area contributed by atoms with Crippen LogP contribution in [0.3, 0.4) is 0 Å². The maximum atomic E-state index is 12.9. The fourth-order valence-electron chi connectivity index (χ4n) is 2.70. The van der Waals surface area contributed by atoms with Crippen LogP contribution in [0.4, 0.5) is 0 Å². The third-order valence-corrected chi connectivity index (χ3v) is 3.89. The van der Waals surface area contributed by atoms with Crippen molar-refractivity contribution in [2.75, 3.05) is 0 Å². The average Bonchev–Trinajstić information content (AvgIpc) is 3.06. The zero-order chi connectivity index (χ0) is 17.4. The number of ketones is 1. The molecule has 0 bridgehead atoms. The van der Waals surface area contributed by atoms with Crippen LogP contribution in [0.15, 0.2) is 55.0 Å². The summed E-state index contributed by atoms with van der Waals surface area (Å²) in [6.45, 7) is 0.